The van der Waals surface area contributed by atoms with Gasteiger partial charge in [-0.05, 0) is 26.2 Å². The maximum Gasteiger partial charge on any atom is 0.236 e. The molecule has 3 heteroatoms. The SMILES string of the molecule is CC(C)CCCCCC(=O)N(N)C(C)C. The van der Waals surface area contributed by atoms with E-state index in [4.69, 9.17) is 5.84 Å². The van der Waals surface area contributed by atoms with Gasteiger partial charge in [0.25, 0.3) is 0 Å². The fraction of sp³-hybridized carbons (Fsp3) is 0.917. The van der Waals surface area contributed by atoms with Gasteiger partial charge in [0, 0.05) is 12.5 Å². The van der Waals surface area contributed by atoms with Gasteiger partial charge in [0.1, 0.15) is 0 Å². The van der Waals surface area contributed by atoms with Crippen LogP contribution in [0.3, 0.4) is 0 Å². The molecular weight excluding hydrogens is 188 g/mol. The Morgan fingerprint density at radius 1 is 1.13 bits per heavy atom. The predicted octanol–water partition coefficient (Wildman–Crippen LogP) is 2.70. The van der Waals surface area contributed by atoms with Crippen LogP contribution in [0.5, 0.6) is 0 Å². The summed E-state index contributed by atoms with van der Waals surface area (Å²) in [6.45, 7) is 8.31. The molecule has 0 saturated carbocycles. The van der Waals surface area contributed by atoms with E-state index in [1.54, 1.807) is 0 Å². The number of carbonyl (C=O) groups excluding carboxylic acids is 1. The molecule has 0 aliphatic rings. The Morgan fingerprint density at radius 2 is 1.73 bits per heavy atom. The molecule has 0 bridgehead atoms. The van der Waals surface area contributed by atoms with Crippen molar-refractivity contribution in [3.8, 4) is 0 Å². The number of hydrogen-bond acceptors (Lipinski definition) is 2. The number of unbranched alkanes of at least 4 members (excludes halogenated alkanes) is 2. The van der Waals surface area contributed by atoms with Crippen LogP contribution in [0.25, 0.3) is 0 Å². The average molecular weight is 214 g/mol. The van der Waals surface area contributed by atoms with Crippen molar-refractivity contribution in [2.24, 2.45) is 11.8 Å². The maximum absolute atomic E-state index is 11.5. The Labute approximate surface area is 94.0 Å². The number of amides is 1. The summed E-state index contributed by atoms with van der Waals surface area (Å²) in [6.07, 6.45) is 5.16. The van der Waals surface area contributed by atoms with E-state index in [2.05, 4.69) is 13.8 Å². The smallest absolute Gasteiger partial charge is 0.236 e. The molecule has 0 aliphatic heterocycles. The normalized spacial score (nSPS) is 11.1. The first-order valence-electron chi connectivity index (χ1n) is 6.02. The third-order valence-corrected chi connectivity index (χ3v) is 2.52. The minimum atomic E-state index is 0.0644. The zero-order chi connectivity index (χ0) is 11.8. The lowest BCUT2D eigenvalue weighted by atomic mass is 10.0. The molecule has 3 nitrogen and oxygen atoms in total. The van der Waals surface area contributed by atoms with Gasteiger partial charge in [0.05, 0.1) is 0 Å². The number of rotatable bonds is 7. The Morgan fingerprint density at radius 3 is 2.20 bits per heavy atom. The molecule has 0 heterocycles. The van der Waals surface area contributed by atoms with Crippen LogP contribution >= 0.6 is 0 Å². The molecule has 0 aliphatic carbocycles. The van der Waals surface area contributed by atoms with Crippen LogP contribution < -0.4 is 5.84 Å². The highest BCUT2D eigenvalue weighted by molar-refractivity contribution is 5.75. The van der Waals surface area contributed by atoms with E-state index in [1.165, 1.54) is 17.9 Å². The molecule has 0 aromatic rings. The Bertz CT molecular complexity index is 178. The van der Waals surface area contributed by atoms with Gasteiger partial charge in [-0.25, -0.2) is 5.84 Å². The molecule has 15 heavy (non-hydrogen) atoms. The highest BCUT2D eigenvalue weighted by Gasteiger charge is 2.11. The largest absolute Gasteiger partial charge is 0.278 e. The van der Waals surface area contributed by atoms with Crippen LogP contribution in [0, 0.1) is 5.92 Å². The first kappa shape index (κ1) is 14.4. The lowest BCUT2D eigenvalue weighted by Gasteiger charge is -2.20. The van der Waals surface area contributed by atoms with Crippen LogP contribution in [-0.4, -0.2) is 17.0 Å². The molecule has 1 amide bonds. The summed E-state index contributed by atoms with van der Waals surface area (Å²) in [5.74, 6) is 6.44. The first-order chi connectivity index (χ1) is 6.95. The molecule has 0 aromatic heterocycles. The van der Waals surface area contributed by atoms with Crippen molar-refractivity contribution < 1.29 is 4.79 Å². The predicted molar refractivity (Wildman–Crippen MR) is 64.1 cm³/mol. The van der Waals surface area contributed by atoms with Crippen LogP contribution in [-0.2, 0) is 4.79 Å². The monoisotopic (exact) mass is 214 g/mol. The zero-order valence-electron chi connectivity index (χ0n) is 10.6. The third kappa shape index (κ3) is 7.37. The summed E-state index contributed by atoms with van der Waals surface area (Å²) < 4.78 is 0. The van der Waals surface area contributed by atoms with Gasteiger partial charge in [0.2, 0.25) is 5.91 Å². The van der Waals surface area contributed by atoms with Gasteiger partial charge in [-0.3, -0.25) is 9.80 Å². The lowest BCUT2D eigenvalue weighted by molar-refractivity contribution is -0.133. The van der Waals surface area contributed by atoms with Crippen LogP contribution in [0.1, 0.15) is 59.8 Å². The van der Waals surface area contributed by atoms with Gasteiger partial charge < -0.3 is 0 Å². The lowest BCUT2D eigenvalue weighted by Crippen LogP contribution is -2.42. The summed E-state index contributed by atoms with van der Waals surface area (Å²) in [7, 11) is 0. The summed E-state index contributed by atoms with van der Waals surface area (Å²) in [5.41, 5.74) is 0. The minimum Gasteiger partial charge on any atom is -0.278 e. The molecule has 0 atom stereocenters. The highest BCUT2D eigenvalue weighted by atomic mass is 16.2. The van der Waals surface area contributed by atoms with E-state index in [9.17, 15) is 4.79 Å². The summed E-state index contributed by atoms with van der Waals surface area (Å²) in [5, 5.41) is 1.34. The molecular formula is C12H26N2O. The van der Waals surface area contributed by atoms with E-state index < -0.39 is 0 Å². The Balaban J connectivity index is 3.47. The van der Waals surface area contributed by atoms with Gasteiger partial charge >= 0.3 is 0 Å². The second-order valence-electron chi connectivity index (χ2n) is 4.89. The number of hydrogen-bond donors (Lipinski definition) is 1. The van der Waals surface area contributed by atoms with Crippen molar-refractivity contribution in [2.45, 2.75) is 65.8 Å². The second kappa shape index (κ2) is 7.69. The van der Waals surface area contributed by atoms with Crippen molar-refractivity contribution in [1.82, 2.24) is 5.01 Å². The van der Waals surface area contributed by atoms with Crippen molar-refractivity contribution in [1.29, 1.82) is 0 Å². The maximum atomic E-state index is 11.5. The number of hydrazine groups is 1. The standard InChI is InChI=1S/C12H26N2O/c1-10(2)8-6-5-7-9-12(15)14(13)11(3)4/h10-11H,5-9,13H2,1-4H3. The number of carbonyl (C=O) groups is 1. The van der Waals surface area contributed by atoms with Crippen LogP contribution in [0.2, 0.25) is 0 Å². The summed E-state index contributed by atoms with van der Waals surface area (Å²) >= 11 is 0. The van der Waals surface area contributed by atoms with E-state index in [0.717, 1.165) is 18.8 Å². The fourth-order valence-electron chi connectivity index (χ4n) is 1.42. The Kier molecular flexibility index (Phi) is 7.39. The van der Waals surface area contributed by atoms with Crippen molar-refractivity contribution in [3.05, 3.63) is 0 Å². The van der Waals surface area contributed by atoms with Crippen molar-refractivity contribution in [3.63, 3.8) is 0 Å². The van der Waals surface area contributed by atoms with Crippen LogP contribution in [0.4, 0.5) is 0 Å². The molecule has 0 fully saturated rings. The van der Waals surface area contributed by atoms with E-state index in [0.29, 0.717) is 6.42 Å². The van der Waals surface area contributed by atoms with Gasteiger partial charge in [-0.15, -0.1) is 0 Å². The summed E-state index contributed by atoms with van der Waals surface area (Å²) in [4.78, 5) is 11.5. The third-order valence-electron chi connectivity index (χ3n) is 2.52. The topological polar surface area (TPSA) is 46.3 Å². The van der Waals surface area contributed by atoms with Crippen molar-refractivity contribution in [2.75, 3.05) is 0 Å². The molecule has 0 rings (SSSR count). The average Bonchev–Trinajstić information content (AvgIpc) is 2.15. The van der Waals surface area contributed by atoms with Gasteiger partial charge in [0.15, 0.2) is 0 Å². The molecule has 2 N–H and O–H groups in total. The van der Waals surface area contributed by atoms with E-state index in [-0.39, 0.29) is 11.9 Å². The molecule has 0 saturated heterocycles. The molecule has 0 aromatic carbocycles. The van der Waals surface area contributed by atoms with Gasteiger partial charge in [-0.1, -0.05) is 33.1 Å². The first-order valence-corrected chi connectivity index (χ1v) is 6.02. The number of nitrogens with zero attached hydrogens (tertiary/aromatic N) is 1. The summed E-state index contributed by atoms with van der Waals surface area (Å²) in [6, 6.07) is 0.105. The van der Waals surface area contributed by atoms with E-state index >= 15 is 0 Å². The molecule has 90 valence electrons. The van der Waals surface area contributed by atoms with Crippen LogP contribution in [0.15, 0.2) is 0 Å². The molecule has 0 unspecified atom stereocenters. The molecule has 0 spiro atoms. The minimum absolute atomic E-state index is 0.0644. The Hall–Kier alpha value is -0.570. The van der Waals surface area contributed by atoms with Crippen molar-refractivity contribution >= 4 is 5.91 Å². The quantitative estimate of drug-likeness (QED) is 0.306. The fourth-order valence-corrected chi connectivity index (χ4v) is 1.42. The number of nitrogens with two attached hydrogens (primary N) is 1. The van der Waals surface area contributed by atoms with Gasteiger partial charge in [-0.2, -0.15) is 0 Å². The highest BCUT2D eigenvalue weighted by Crippen LogP contribution is 2.10. The van der Waals surface area contributed by atoms with E-state index in [1.807, 2.05) is 13.8 Å². The molecule has 0 radical (unpaired) electrons. The zero-order valence-corrected chi connectivity index (χ0v) is 10.6. The second-order valence-corrected chi connectivity index (χ2v) is 4.89.